The highest BCUT2D eigenvalue weighted by Gasteiger charge is 2.55. The Morgan fingerprint density at radius 3 is 2.79 bits per heavy atom. The van der Waals surface area contributed by atoms with Gasteiger partial charge >= 0.3 is 11.9 Å². The maximum Gasteiger partial charge on any atom is 0.333 e. The van der Waals surface area contributed by atoms with Gasteiger partial charge < -0.3 is 18.9 Å². The minimum atomic E-state index is -1.19. The van der Waals surface area contributed by atoms with Crippen molar-refractivity contribution in [2.24, 2.45) is 11.8 Å². The zero-order valence-corrected chi connectivity index (χ0v) is 16.7. The molecule has 0 aromatic carbocycles. The van der Waals surface area contributed by atoms with E-state index in [0.717, 1.165) is 0 Å². The molecule has 0 aromatic rings. The van der Waals surface area contributed by atoms with Gasteiger partial charge in [-0.25, -0.2) is 4.79 Å². The van der Waals surface area contributed by atoms with Gasteiger partial charge in [0.25, 0.3) is 0 Å². The smallest absolute Gasteiger partial charge is 0.333 e. The lowest BCUT2D eigenvalue weighted by Crippen LogP contribution is -2.45. The summed E-state index contributed by atoms with van der Waals surface area (Å²) in [5.74, 6) is -1.77. The van der Waals surface area contributed by atoms with Crippen molar-refractivity contribution >= 4 is 17.7 Å². The summed E-state index contributed by atoms with van der Waals surface area (Å²) in [4.78, 5) is 37.6. The predicted molar refractivity (Wildman–Crippen MR) is 99.0 cm³/mol. The van der Waals surface area contributed by atoms with Crippen LogP contribution in [-0.4, -0.2) is 49.2 Å². The van der Waals surface area contributed by atoms with Crippen molar-refractivity contribution in [3.05, 3.63) is 35.6 Å². The van der Waals surface area contributed by atoms with E-state index in [0.29, 0.717) is 23.3 Å². The Morgan fingerprint density at radius 1 is 1.43 bits per heavy atom. The molecule has 0 radical (unpaired) electrons. The van der Waals surface area contributed by atoms with Crippen molar-refractivity contribution in [2.45, 2.75) is 51.4 Å². The number of methoxy groups -OCH3 is 1. The van der Waals surface area contributed by atoms with Gasteiger partial charge in [0.15, 0.2) is 5.60 Å². The molecule has 152 valence electrons. The highest BCUT2D eigenvalue weighted by Crippen LogP contribution is 2.44. The number of carbonyl (C=O) groups is 3. The highest BCUT2D eigenvalue weighted by atomic mass is 16.6. The number of hydrogen-bond donors (Lipinski definition) is 0. The molecule has 3 rings (SSSR count). The van der Waals surface area contributed by atoms with Crippen LogP contribution in [-0.2, 0) is 33.3 Å². The number of carbonyl (C=O) groups excluding carboxylic acids is 3. The van der Waals surface area contributed by atoms with E-state index in [9.17, 15) is 14.4 Å². The molecule has 0 spiro atoms. The quantitative estimate of drug-likeness (QED) is 0.537. The Labute approximate surface area is 164 Å². The Hall–Kier alpha value is -2.41. The van der Waals surface area contributed by atoms with E-state index in [-0.39, 0.29) is 18.8 Å². The number of esters is 2. The van der Waals surface area contributed by atoms with Gasteiger partial charge in [-0.1, -0.05) is 12.7 Å². The van der Waals surface area contributed by atoms with E-state index in [1.807, 2.05) is 0 Å². The third kappa shape index (κ3) is 3.51. The number of ether oxygens (including phenoxy) is 4. The Morgan fingerprint density at radius 2 is 2.14 bits per heavy atom. The van der Waals surface area contributed by atoms with Gasteiger partial charge in [0.1, 0.15) is 18.0 Å². The lowest BCUT2D eigenvalue weighted by Gasteiger charge is -2.33. The summed E-state index contributed by atoms with van der Waals surface area (Å²) in [6, 6.07) is 0. The SMILES string of the molecule is C=C1C[C@H]2OC(=O)[C@@H](COC)[C@@H]2[C@H](OC(=O)/C(C)=C\C)C[C@@]2(C)OC1=CC2=O. The molecule has 3 aliphatic heterocycles. The Balaban J connectivity index is 2.03. The molecule has 0 saturated carbocycles. The molecular weight excluding hydrogens is 364 g/mol. The van der Waals surface area contributed by atoms with Crippen LogP contribution in [0.15, 0.2) is 35.6 Å². The summed E-state index contributed by atoms with van der Waals surface area (Å²) in [5.41, 5.74) is -0.169. The molecule has 2 bridgehead atoms. The summed E-state index contributed by atoms with van der Waals surface area (Å²) in [7, 11) is 1.50. The van der Waals surface area contributed by atoms with Gasteiger partial charge in [0.2, 0.25) is 5.78 Å². The van der Waals surface area contributed by atoms with Crippen molar-refractivity contribution < 1.29 is 33.3 Å². The van der Waals surface area contributed by atoms with E-state index < -0.39 is 41.6 Å². The third-order valence-electron chi connectivity index (χ3n) is 5.76. The van der Waals surface area contributed by atoms with Gasteiger partial charge in [-0.3, -0.25) is 9.59 Å². The van der Waals surface area contributed by atoms with Crippen molar-refractivity contribution in [1.29, 1.82) is 0 Å². The molecule has 7 heteroatoms. The maximum atomic E-state index is 12.6. The third-order valence-corrected chi connectivity index (χ3v) is 5.76. The van der Waals surface area contributed by atoms with Crippen LogP contribution in [0.4, 0.5) is 0 Å². The lowest BCUT2D eigenvalue weighted by molar-refractivity contribution is -0.155. The van der Waals surface area contributed by atoms with Crippen LogP contribution in [0.25, 0.3) is 0 Å². The van der Waals surface area contributed by atoms with Crippen molar-refractivity contribution in [3.8, 4) is 0 Å². The second kappa shape index (κ2) is 7.54. The monoisotopic (exact) mass is 390 g/mol. The molecule has 2 fully saturated rings. The van der Waals surface area contributed by atoms with Gasteiger partial charge in [-0.05, 0) is 26.3 Å². The van der Waals surface area contributed by atoms with E-state index >= 15 is 0 Å². The van der Waals surface area contributed by atoms with Crippen LogP contribution in [0.5, 0.6) is 0 Å². The number of ketones is 1. The first-order valence-corrected chi connectivity index (χ1v) is 9.36. The van der Waals surface area contributed by atoms with Crippen molar-refractivity contribution in [3.63, 3.8) is 0 Å². The second-order valence-electron chi connectivity index (χ2n) is 7.75. The zero-order chi connectivity index (χ0) is 20.6. The fraction of sp³-hybridized carbons (Fsp3) is 0.571. The van der Waals surface area contributed by atoms with Gasteiger partial charge in [-0.2, -0.15) is 0 Å². The van der Waals surface area contributed by atoms with E-state index in [1.165, 1.54) is 13.2 Å². The number of fused-ring (bicyclic) bond motifs is 3. The number of hydrogen-bond acceptors (Lipinski definition) is 7. The van der Waals surface area contributed by atoms with Gasteiger partial charge in [-0.15, -0.1) is 0 Å². The van der Waals surface area contributed by atoms with Crippen LogP contribution in [0.1, 0.15) is 33.6 Å². The van der Waals surface area contributed by atoms with Crippen LogP contribution in [0.2, 0.25) is 0 Å². The number of rotatable bonds is 4. The summed E-state index contributed by atoms with van der Waals surface area (Å²) in [5, 5.41) is 0. The second-order valence-corrected chi connectivity index (χ2v) is 7.75. The summed E-state index contributed by atoms with van der Waals surface area (Å²) in [6.45, 7) is 9.19. The molecule has 28 heavy (non-hydrogen) atoms. The molecule has 3 heterocycles. The van der Waals surface area contributed by atoms with Crippen molar-refractivity contribution in [1.82, 2.24) is 0 Å². The fourth-order valence-electron chi connectivity index (χ4n) is 4.01. The van der Waals surface area contributed by atoms with Gasteiger partial charge in [0.05, 0.1) is 12.5 Å². The first kappa shape index (κ1) is 20.3. The largest absolute Gasteiger partial charge is 0.479 e. The lowest BCUT2D eigenvalue weighted by atomic mass is 9.78. The van der Waals surface area contributed by atoms with Crippen molar-refractivity contribution in [2.75, 3.05) is 13.7 Å². The van der Waals surface area contributed by atoms with Crippen LogP contribution in [0.3, 0.4) is 0 Å². The van der Waals surface area contributed by atoms with Crippen LogP contribution < -0.4 is 0 Å². The van der Waals surface area contributed by atoms with E-state index in [2.05, 4.69) is 6.58 Å². The fourth-order valence-corrected chi connectivity index (χ4v) is 4.01. The molecule has 0 N–H and O–H groups in total. The minimum Gasteiger partial charge on any atom is -0.479 e. The molecule has 0 unspecified atom stereocenters. The van der Waals surface area contributed by atoms with E-state index in [1.54, 1.807) is 26.8 Å². The summed E-state index contributed by atoms with van der Waals surface area (Å²) >= 11 is 0. The average molecular weight is 390 g/mol. The molecule has 5 atom stereocenters. The topological polar surface area (TPSA) is 88.1 Å². The molecule has 2 saturated heterocycles. The molecule has 7 nitrogen and oxygen atoms in total. The standard InChI is InChI=1S/C21H26O7/c1-6-11(2)19(23)27-16-9-21(4)17(22)8-14(28-21)12(3)7-15-18(16)13(10-25-5)20(24)26-15/h6,8,13,15-16,18H,3,7,9-10H2,1-2,4-5H3/b11-6-/t13-,15+,16+,18-,21+/m0/s1. The molecule has 0 aliphatic carbocycles. The van der Waals surface area contributed by atoms with Crippen LogP contribution >= 0.6 is 0 Å². The molecule has 3 aliphatic rings. The Bertz CT molecular complexity index is 778. The van der Waals surface area contributed by atoms with Crippen LogP contribution in [0, 0.1) is 11.8 Å². The molecule has 0 aromatic heterocycles. The first-order chi connectivity index (χ1) is 13.2. The summed E-state index contributed by atoms with van der Waals surface area (Å²) < 4.78 is 22.5. The molecular formula is C21H26O7. The Kier molecular flexibility index (Phi) is 5.48. The summed E-state index contributed by atoms with van der Waals surface area (Å²) in [6.07, 6.45) is 2.18. The average Bonchev–Trinajstić information content (AvgIpc) is 3.11. The maximum absolute atomic E-state index is 12.6. The predicted octanol–water partition coefficient (Wildman–Crippen LogP) is 2.26. The number of allylic oxidation sites excluding steroid dienone is 2. The minimum absolute atomic E-state index is 0.111. The normalized spacial score (nSPS) is 35.2. The first-order valence-electron chi connectivity index (χ1n) is 9.36. The molecule has 0 amide bonds. The van der Waals surface area contributed by atoms with E-state index in [4.69, 9.17) is 18.9 Å². The van der Waals surface area contributed by atoms with Gasteiger partial charge in [0, 0.05) is 37.5 Å². The zero-order valence-electron chi connectivity index (χ0n) is 16.7. The highest BCUT2D eigenvalue weighted by molar-refractivity contribution is 6.00.